The molecule has 39 heavy (non-hydrogen) atoms. The van der Waals surface area contributed by atoms with Gasteiger partial charge in [-0.05, 0) is 41.8 Å². The largest absolute Gasteiger partial charge is 0.497 e. The zero-order valence-corrected chi connectivity index (χ0v) is 21.6. The Morgan fingerprint density at radius 3 is 2.51 bits per heavy atom. The van der Waals surface area contributed by atoms with Gasteiger partial charge in [-0.3, -0.25) is 14.4 Å². The number of hydrogen-bond acceptors (Lipinski definition) is 6. The Morgan fingerprint density at radius 2 is 1.74 bits per heavy atom. The normalized spacial score (nSPS) is 10.5. The van der Waals surface area contributed by atoms with Gasteiger partial charge in [-0.15, -0.1) is 0 Å². The van der Waals surface area contributed by atoms with Gasteiger partial charge >= 0.3 is 0 Å². The van der Waals surface area contributed by atoms with Crippen LogP contribution in [0.5, 0.6) is 5.75 Å². The van der Waals surface area contributed by atoms with Crippen molar-refractivity contribution in [2.75, 3.05) is 31.4 Å². The molecule has 1 heterocycles. The number of carbonyl (C=O) groups excluding carboxylic acids is 3. The summed E-state index contributed by atoms with van der Waals surface area (Å²) in [4.78, 5) is 41.8. The van der Waals surface area contributed by atoms with Crippen LogP contribution in [0.2, 0.25) is 0 Å². The average molecular weight is 525 g/mol. The van der Waals surface area contributed by atoms with Gasteiger partial charge < -0.3 is 25.4 Å². The van der Waals surface area contributed by atoms with Crippen LogP contribution in [-0.2, 0) is 20.9 Å². The highest BCUT2D eigenvalue weighted by molar-refractivity contribution is 6.08. The minimum Gasteiger partial charge on any atom is -0.497 e. The molecule has 9 nitrogen and oxygen atoms in total. The molecule has 0 unspecified atom stereocenters. The molecule has 0 saturated carbocycles. The number of amides is 3. The van der Waals surface area contributed by atoms with E-state index in [9.17, 15) is 14.4 Å². The number of anilines is 2. The van der Waals surface area contributed by atoms with Gasteiger partial charge in [0.1, 0.15) is 11.4 Å². The quantitative estimate of drug-likeness (QED) is 0.262. The lowest BCUT2D eigenvalue weighted by atomic mass is 10.00. The van der Waals surface area contributed by atoms with Gasteiger partial charge in [0.25, 0.3) is 5.91 Å². The van der Waals surface area contributed by atoms with E-state index >= 15 is 0 Å². The molecule has 0 saturated heterocycles. The van der Waals surface area contributed by atoms with Crippen molar-refractivity contribution in [2.45, 2.75) is 6.61 Å². The Morgan fingerprint density at radius 1 is 0.949 bits per heavy atom. The molecule has 0 aliphatic heterocycles. The Kier molecular flexibility index (Phi) is 8.65. The second-order valence-corrected chi connectivity index (χ2v) is 8.53. The number of carbonyl (C=O) groups is 3. The highest BCUT2D eigenvalue weighted by Gasteiger charge is 2.14. The second kappa shape index (κ2) is 12.5. The van der Waals surface area contributed by atoms with Crippen molar-refractivity contribution in [1.82, 2.24) is 10.3 Å². The van der Waals surface area contributed by atoms with Gasteiger partial charge in [0, 0.05) is 35.4 Å². The molecule has 9 heteroatoms. The van der Waals surface area contributed by atoms with Crippen LogP contribution in [0.4, 0.5) is 11.4 Å². The maximum absolute atomic E-state index is 12.8. The van der Waals surface area contributed by atoms with Gasteiger partial charge in [-0.2, -0.15) is 0 Å². The summed E-state index contributed by atoms with van der Waals surface area (Å²) in [5, 5.41) is 9.90. The number of nitrogens with zero attached hydrogens (tertiary/aromatic N) is 1. The van der Waals surface area contributed by atoms with Crippen LogP contribution in [0.15, 0.2) is 85.5 Å². The van der Waals surface area contributed by atoms with Gasteiger partial charge in [0.05, 0.1) is 31.6 Å². The van der Waals surface area contributed by atoms with Crippen molar-refractivity contribution in [2.24, 2.45) is 0 Å². The average Bonchev–Trinajstić information content (AvgIpc) is 2.97. The van der Waals surface area contributed by atoms with E-state index in [0.717, 1.165) is 21.9 Å². The van der Waals surface area contributed by atoms with Gasteiger partial charge in [-0.1, -0.05) is 43.0 Å². The molecule has 0 fully saturated rings. The van der Waals surface area contributed by atoms with E-state index in [-0.39, 0.29) is 24.1 Å². The predicted molar refractivity (Wildman–Crippen MR) is 151 cm³/mol. The fourth-order valence-electron chi connectivity index (χ4n) is 4.00. The maximum atomic E-state index is 12.8. The molecule has 198 valence electrons. The van der Waals surface area contributed by atoms with E-state index in [1.807, 2.05) is 30.3 Å². The number of fused-ring (bicyclic) bond motifs is 1. The fourth-order valence-corrected chi connectivity index (χ4v) is 4.00. The van der Waals surface area contributed by atoms with Gasteiger partial charge in [0.15, 0.2) is 0 Å². The number of hydrogen-bond donors (Lipinski definition) is 3. The number of rotatable bonds is 10. The first-order valence-electron chi connectivity index (χ1n) is 12.1. The molecule has 0 radical (unpaired) electrons. The number of aromatic nitrogens is 1. The van der Waals surface area contributed by atoms with Crippen molar-refractivity contribution in [3.8, 4) is 17.0 Å². The number of benzene rings is 3. The Hall–Kier alpha value is -5.02. The van der Waals surface area contributed by atoms with Crippen LogP contribution in [0.25, 0.3) is 22.0 Å². The summed E-state index contributed by atoms with van der Waals surface area (Å²) in [5.74, 6) is -0.600. The van der Waals surface area contributed by atoms with E-state index < -0.39 is 5.91 Å². The first-order chi connectivity index (χ1) is 18.9. The summed E-state index contributed by atoms with van der Waals surface area (Å²) in [6.07, 6.45) is 1.21. The molecule has 4 aromatic rings. The minimum absolute atomic E-state index is 0.162. The summed E-state index contributed by atoms with van der Waals surface area (Å²) < 4.78 is 10.5. The summed E-state index contributed by atoms with van der Waals surface area (Å²) in [5.41, 5.74) is 3.46. The van der Waals surface area contributed by atoms with Crippen molar-refractivity contribution < 1.29 is 23.9 Å². The molecule has 0 bridgehead atoms. The van der Waals surface area contributed by atoms with Crippen LogP contribution >= 0.6 is 0 Å². The monoisotopic (exact) mass is 524 g/mol. The smallest absolute Gasteiger partial charge is 0.270 e. The molecular weight excluding hydrogens is 496 g/mol. The second-order valence-electron chi connectivity index (χ2n) is 8.53. The van der Waals surface area contributed by atoms with Crippen molar-refractivity contribution in [1.29, 1.82) is 0 Å². The summed E-state index contributed by atoms with van der Waals surface area (Å²) in [6.45, 7) is 3.62. The minimum atomic E-state index is -0.486. The van der Waals surface area contributed by atoms with Crippen molar-refractivity contribution in [3.63, 3.8) is 0 Å². The predicted octanol–water partition coefficient (Wildman–Crippen LogP) is 4.55. The molecule has 0 aliphatic rings. The zero-order chi connectivity index (χ0) is 27.8. The topological polar surface area (TPSA) is 119 Å². The maximum Gasteiger partial charge on any atom is 0.270 e. The Balaban J connectivity index is 1.53. The molecule has 3 N–H and O–H groups in total. The highest BCUT2D eigenvalue weighted by Crippen LogP contribution is 2.32. The number of methoxy groups -OCH3 is 2. The Labute approximate surface area is 225 Å². The van der Waals surface area contributed by atoms with Crippen LogP contribution < -0.4 is 20.7 Å². The van der Waals surface area contributed by atoms with Crippen LogP contribution in [0, 0.1) is 0 Å². The molecule has 4 rings (SSSR count). The molecule has 0 spiro atoms. The lowest BCUT2D eigenvalue weighted by Gasteiger charge is -2.14. The summed E-state index contributed by atoms with van der Waals surface area (Å²) >= 11 is 0. The van der Waals surface area contributed by atoms with Crippen LogP contribution in [-0.4, -0.2) is 43.5 Å². The zero-order valence-electron chi connectivity index (χ0n) is 21.6. The standard InChI is InChI=1S/C30H28N4O5/c1-4-27(35)34-29-21(18-38-2)14-12-19-11-13-20(15-24(19)29)25-9-6-10-26(33-25)30(37)31-17-28(36)32-22-7-5-8-23(16-22)39-3/h4-16H,1,17-18H2,2-3H3,(H,31,37)(H,32,36)(H,34,35). The van der Waals surface area contributed by atoms with Gasteiger partial charge in [0.2, 0.25) is 11.8 Å². The molecule has 3 amide bonds. The number of nitrogens with one attached hydrogen (secondary N) is 3. The number of ether oxygens (including phenoxy) is 2. The first kappa shape index (κ1) is 27.0. The van der Waals surface area contributed by atoms with Crippen LogP contribution in [0.1, 0.15) is 16.1 Å². The molecule has 3 aromatic carbocycles. The molecule has 0 aliphatic carbocycles. The third-order valence-electron chi connectivity index (χ3n) is 5.88. The third-order valence-corrected chi connectivity index (χ3v) is 5.88. The van der Waals surface area contributed by atoms with E-state index in [1.165, 1.54) is 6.08 Å². The van der Waals surface area contributed by atoms with E-state index in [2.05, 4.69) is 27.5 Å². The first-order valence-corrected chi connectivity index (χ1v) is 12.1. The van der Waals surface area contributed by atoms with Crippen molar-refractivity contribution >= 4 is 39.9 Å². The third kappa shape index (κ3) is 6.65. The fraction of sp³-hybridized carbons (Fsp3) is 0.133. The summed E-state index contributed by atoms with van der Waals surface area (Å²) in [7, 11) is 3.13. The lowest BCUT2D eigenvalue weighted by molar-refractivity contribution is -0.115. The highest BCUT2D eigenvalue weighted by atomic mass is 16.5. The molecule has 1 aromatic heterocycles. The van der Waals surface area contributed by atoms with Crippen LogP contribution in [0.3, 0.4) is 0 Å². The lowest BCUT2D eigenvalue weighted by Crippen LogP contribution is -2.33. The Bertz CT molecular complexity index is 1550. The van der Waals surface area contributed by atoms with E-state index in [4.69, 9.17) is 9.47 Å². The SMILES string of the molecule is C=CC(=O)Nc1c(COC)ccc2ccc(-c3cccc(C(=O)NCC(=O)Nc4cccc(OC)c4)n3)cc12. The number of pyridine rings is 1. The summed E-state index contributed by atoms with van der Waals surface area (Å²) in [6, 6.07) is 21.6. The van der Waals surface area contributed by atoms with E-state index in [1.54, 1.807) is 56.7 Å². The molecule has 0 atom stereocenters. The van der Waals surface area contributed by atoms with Gasteiger partial charge in [-0.25, -0.2) is 4.98 Å². The molecular formula is C30H28N4O5. The van der Waals surface area contributed by atoms with Crippen molar-refractivity contribution in [3.05, 3.63) is 96.7 Å². The van der Waals surface area contributed by atoms with E-state index in [0.29, 0.717) is 29.4 Å².